The summed E-state index contributed by atoms with van der Waals surface area (Å²) in [6.45, 7) is -0.0331. The molecule has 5 nitrogen and oxygen atoms in total. The van der Waals surface area contributed by atoms with Gasteiger partial charge in [0.1, 0.15) is 5.75 Å². The molecule has 2 rings (SSSR count). The topological polar surface area (TPSA) is 67.4 Å². The van der Waals surface area contributed by atoms with Gasteiger partial charge in [0.25, 0.3) is 5.91 Å². The number of amides is 3. The van der Waals surface area contributed by atoms with Crippen LogP contribution >= 0.6 is 0 Å². The number of halogens is 3. The number of imide groups is 1. The van der Waals surface area contributed by atoms with E-state index in [0.717, 1.165) is 49.9 Å². The van der Waals surface area contributed by atoms with Gasteiger partial charge in [0.05, 0.1) is 5.56 Å². The van der Waals surface area contributed by atoms with E-state index in [2.05, 4.69) is 16.7 Å². The van der Waals surface area contributed by atoms with E-state index in [1.165, 1.54) is 12.0 Å². The third-order valence-electron chi connectivity index (χ3n) is 3.92. The Morgan fingerprint density at radius 3 is 2.46 bits per heavy atom. The molecule has 26 heavy (non-hydrogen) atoms. The Labute approximate surface area is 149 Å². The second kappa shape index (κ2) is 9.26. The number of carbonyl (C=O) groups is 2. The van der Waals surface area contributed by atoms with Gasteiger partial charge in [0.2, 0.25) is 0 Å². The zero-order chi connectivity index (χ0) is 19.0. The molecule has 1 aliphatic rings. The van der Waals surface area contributed by atoms with Crippen LogP contribution in [-0.4, -0.2) is 25.1 Å². The second-order valence-electron chi connectivity index (χ2n) is 5.97. The molecule has 0 spiro atoms. The van der Waals surface area contributed by atoms with Crippen molar-refractivity contribution in [1.29, 1.82) is 0 Å². The maximum Gasteiger partial charge on any atom is 0.416 e. The molecule has 0 bridgehead atoms. The summed E-state index contributed by atoms with van der Waals surface area (Å²) < 4.78 is 42.4. The fraction of sp³-hybridized carbons (Fsp3) is 0.444. The van der Waals surface area contributed by atoms with Crippen LogP contribution < -0.4 is 15.4 Å². The maximum absolute atomic E-state index is 12.4. The van der Waals surface area contributed by atoms with Crippen molar-refractivity contribution in [1.82, 2.24) is 10.6 Å². The summed E-state index contributed by atoms with van der Waals surface area (Å²) in [6.07, 6.45) is 2.99. The van der Waals surface area contributed by atoms with Gasteiger partial charge in [-0.25, -0.2) is 4.79 Å². The monoisotopic (exact) mass is 370 g/mol. The highest BCUT2D eigenvalue weighted by atomic mass is 19.4. The quantitative estimate of drug-likeness (QED) is 0.749. The Kier molecular flexibility index (Phi) is 7.06. The molecule has 0 aromatic heterocycles. The molecule has 0 radical (unpaired) electrons. The van der Waals surface area contributed by atoms with E-state index in [-0.39, 0.29) is 5.75 Å². The van der Waals surface area contributed by atoms with E-state index in [0.29, 0.717) is 6.54 Å². The molecule has 142 valence electrons. The number of alkyl halides is 3. The molecule has 0 saturated carbocycles. The molecule has 1 aromatic rings. The van der Waals surface area contributed by atoms with Crippen LogP contribution in [0.2, 0.25) is 0 Å². The Morgan fingerprint density at radius 1 is 1.12 bits per heavy atom. The Balaban J connectivity index is 1.66. The van der Waals surface area contributed by atoms with E-state index in [4.69, 9.17) is 4.74 Å². The van der Waals surface area contributed by atoms with Crippen molar-refractivity contribution >= 4 is 11.9 Å². The Hall–Kier alpha value is -2.51. The summed E-state index contributed by atoms with van der Waals surface area (Å²) >= 11 is 0. The Bertz CT molecular complexity index is 655. The van der Waals surface area contributed by atoms with Gasteiger partial charge >= 0.3 is 12.2 Å². The van der Waals surface area contributed by atoms with Gasteiger partial charge in [0.15, 0.2) is 6.61 Å². The van der Waals surface area contributed by atoms with Crippen LogP contribution in [0.1, 0.15) is 37.7 Å². The van der Waals surface area contributed by atoms with Gasteiger partial charge in [-0.3, -0.25) is 10.1 Å². The molecule has 2 N–H and O–H groups in total. The number of carbonyl (C=O) groups excluding carboxylic acids is 2. The summed E-state index contributed by atoms with van der Waals surface area (Å²) in [7, 11) is 0. The molecule has 0 heterocycles. The van der Waals surface area contributed by atoms with Gasteiger partial charge in [-0.05, 0) is 56.4 Å². The summed E-state index contributed by atoms with van der Waals surface area (Å²) in [4.78, 5) is 23.2. The molecule has 8 heteroatoms. The van der Waals surface area contributed by atoms with E-state index < -0.39 is 30.3 Å². The Morgan fingerprint density at radius 2 is 1.85 bits per heavy atom. The number of benzene rings is 1. The van der Waals surface area contributed by atoms with Gasteiger partial charge in [-0.1, -0.05) is 11.6 Å². The predicted molar refractivity (Wildman–Crippen MR) is 89.6 cm³/mol. The summed E-state index contributed by atoms with van der Waals surface area (Å²) in [5.41, 5.74) is 0.510. The molecule has 3 amide bonds. The minimum atomic E-state index is -4.43. The fourth-order valence-electron chi connectivity index (χ4n) is 2.56. The average molecular weight is 370 g/mol. The minimum absolute atomic E-state index is 0.109. The standard InChI is InChI=1S/C18H21F3N2O3/c19-18(20,21)14-6-8-15(9-7-14)26-12-16(24)23-17(25)22-11-10-13-4-2-1-3-5-13/h4,6-9H,1-3,5,10-12H2,(H2,22,23,24,25). The highest BCUT2D eigenvalue weighted by molar-refractivity contribution is 5.94. The molecule has 1 aromatic carbocycles. The van der Waals surface area contributed by atoms with Crippen molar-refractivity contribution in [2.24, 2.45) is 0 Å². The maximum atomic E-state index is 12.4. The highest BCUT2D eigenvalue weighted by Crippen LogP contribution is 2.30. The van der Waals surface area contributed by atoms with Crippen molar-refractivity contribution in [3.8, 4) is 5.75 Å². The SMILES string of the molecule is O=C(COc1ccc(C(F)(F)F)cc1)NC(=O)NCCC1=CCCCC1. The molecular weight excluding hydrogens is 349 g/mol. The summed E-state index contributed by atoms with van der Waals surface area (Å²) in [5.74, 6) is -0.572. The number of nitrogens with one attached hydrogen (secondary N) is 2. The number of hydrogen-bond donors (Lipinski definition) is 2. The van der Waals surface area contributed by atoms with E-state index in [1.54, 1.807) is 0 Å². The van der Waals surface area contributed by atoms with E-state index in [9.17, 15) is 22.8 Å². The smallest absolute Gasteiger partial charge is 0.416 e. The second-order valence-corrected chi connectivity index (χ2v) is 5.97. The van der Waals surface area contributed by atoms with E-state index in [1.807, 2.05) is 0 Å². The molecular formula is C18H21F3N2O3. The van der Waals surface area contributed by atoms with Crippen LogP contribution in [0, 0.1) is 0 Å². The fourth-order valence-corrected chi connectivity index (χ4v) is 2.56. The lowest BCUT2D eigenvalue weighted by molar-refractivity contribution is -0.137. The summed E-state index contributed by atoms with van der Waals surface area (Å²) in [6, 6.07) is 3.34. The lowest BCUT2D eigenvalue weighted by Gasteiger charge is -2.13. The van der Waals surface area contributed by atoms with Gasteiger partial charge in [-0.2, -0.15) is 13.2 Å². The van der Waals surface area contributed by atoms with Gasteiger partial charge in [-0.15, -0.1) is 0 Å². The third kappa shape index (κ3) is 6.78. The van der Waals surface area contributed by atoms with Crippen molar-refractivity contribution in [3.63, 3.8) is 0 Å². The predicted octanol–water partition coefficient (Wildman–Crippen LogP) is 3.80. The van der Waals surface area contributed by atoms with Gasteiger partial charge < -0.3 is 10.1 Å². The molecule has 1 aliphatic carbocycles. The first-order valence-electron chi connectivity index (χ1n) is 8.40. The van der Waals surface area contributed by atoms with Crippen molar-refractivity contribution in [2.75, 3.05) is 13.2 Å². The van der Waals surface area contributed by atoms with Crippen molar-refractivity contribution < 1.29 is 27.5 Å². The zero-order valence-corrected chi connectivity index (χ0v) is 14.2. The lowest BCUT2D eigenvalue weighted by Crippen LogP contribution is -2.42. The molecule has 0 aliphatic heterocycles. The first kappa shape index (κ1) is 19.8. The van der Waals surface area contributed by atoms with Crippen LogP contribution in [0.5, 0.6) is 5.75 Å². The van der Waals surface area contributed by atoms with Crippen molar-refractivity contribution in [3.05, 3.63) is 41.5 Å². The first-order valence-corrected chi connectivity index (χ1v) is 8.40. The van der Waals surface area contributed by atoms with Crippen LogP contribution in [-0.2, 0) is 11.0 Å². The third-order valence-corrected chi connectivity index (χ3v) is 3.92. The first-order chi connectivity index (χ1) is 12.3. The number of rotatable bonds is 6. The molecule has 0 unspecified atom stereocenters. The number of hydrogen-bond acceptors (Lipinski definition) is 3. The molecule has 0 saturated heterocycles. The minimum Gasteiger partial charge on any atom is -0.484 e. The normalized spacial score (nSPS) is 14.3. The lowest BCUT2D eigenvalue weighted by atomic mass is 9.97. The zero-order valence-electron chi connectivity index (χ0n) is 14.2. The van der Waals surface area contributed by atoms with Crippen molar-refractivity contribution in [2.45, 2.75) is 38.3 Å². The largest absolute Gasteiger partial charge is 0.484 e. The number of ether oxygens (including phenoxy) is 1. The van der Waals surface area contributed by atoms with Crippen LogP contribution in [0.4, 0.5) is 18.0 Å². The van der Waals surface area contributed by atoms with Crippen LogP contribution in [0.25, 0.3) is 0 Å². The van der Waals surface area contributed by atoms with Crippen LogP contribution in [0.15, 0.2) is 35.9 Å². The summed E-state index contributed by atoms with van der Waals surface area (Å²) in [5, 5.41) is 4.70. The van der Waals surface area contributed by atoms with Gasteiger partial charge in [0, 0.05) is 6.54 Å². The molecule has 0 fully saturated rings. The number of allylic oxidation sites excluding steroid dienone is 1. The van der Waals surface area contributed by atoms with Crippen LogP contribution in [0.3, 0.4) is 0 Å². The highest BCUT2D eigenvalue weighted by Gasteiger charge is 2.30. The molecule has 0 atom stereocenters. The number of urea groups is 1. The van der Waals surface area contributed by atoms with E-state index >= 15 is 0 Å². The average Bonchev–Trinajstić information content (AvgIpc) is 2.60.